The number of sulfonamides is 1. The molecule has 1 saturated heterocycles. The molecule has 2 atom stereocenters. The van der Waals surface area contributed by atoms with Crippen molar-refractivity contribution in [3.05, 3.63) is 34.9 Å². The first kappa shape index (κ1) is 21.8. The highest BCUT2D eigenvalue weighted by atomic mass is 35.5. The number of ketones is 1. The molecule has 2 unspecified atom stereocenters. The molecule has 0 aromatic heterocycles. The second-order valence-electron chi connectivity index (χ2n) is 9.47. The number of nitrogens with zero attached hydrogens (tertiary/aromatic N) is 2. The van der Waals surface area contributed by atoms with Gasteiger partial charge in [-0.2, -0.15) is 4.31 Å². The molecule has 3 aliphatic rings. The van der Waals surface area contributed by atoms with Gasteiger partial charge in [0.25, 0.3) is 0 Å². The molecule has 30 heavy (non-hydrogen) atoms. The summed E-state index contributed by atoms with van der Waals surface area (Å²) < 4.78 is 27.9. The summed E-state index contributed by atoms with van der Waals surface area (Å²) in [5, 5.41) is 0.560. The van der Waals surface area contributed by atoms with Gasteiger partial charge in [-0.05, 0) is 35.8 Å². The molecule has 164 valence electrons. The van der Waals surface area contributed by atoms with Crippen LogP contribution in [-0.4, -0.2) is 61.2 Å². The highest BCUT2D eigenvalue weighted by Crippen LogP contribution is 2.64. The van der Waals surface area contributed by atoms with Crippen molar-refractivity contribution in [1.29, 1.82) is 0 Å². The molecular weight excluding hydrogens is 424 g/mol. The first-order valence-corrected chi connectivity index (χ1v) is 12.6. The van der Waals surface area contributed by atoms with Crippen LogP contribution in [0, 0.1) is 16.7 Å². The lowest BCUT2D eigenvalue weighted by molar-refractivity contribution is -0.131. The first-order valence-electron chi connectivity index (χ1n) is 10.6. The molecule has 4 rings (SSSR count). The molecule has 3 fully saturated rings. The minimum Gasteiger partial charge on any atom is -0.340 e. The molecule has 1 aliphatic heterocycles. The molecule has 0 N–H and O–H groups in total. The SMILES string of the molecule is CC1(C)C2CCC1(CS(=O)(=O)N1CCN(C(=O)Cc3ccccc3Cl)CC1)C(=O)C2. The van der Waals surface area contributed by atoms with Crippen molar-refractivity contribution < 1.29 is 18.0 Å². The molecular formula is C22H29ClN2O4S. The molecule has 0 radical (unpaired) electrons. The van der Waals surface area contributed by atoms with Crippen LogP contribution in [-0.2, 0) is 26.0 Å². The molecule has 6 nitrogen and oxygen atoms in total. The van der Waals surface area contributed by atoms with E-state index < -0.39 is 15.4 Å². The van der Waals surface area contributed by atoms with Crippen LogP contribution in [0.1, 0.15) is 38.7 Å². The Bertz CT molecular complexity index is 969. The van der Waals surface area contributed by atoms with E-state index in [2.05, 4.69) is 13.8 Å². The van der Waals surface area contributed by atoms with E-state index in [0.29, 0.717) is 36.9 Å². The van der Waals surface area contributed by atoms with E-state index in [0.717, 1.165) is 12.0 Å². The second kappa shape index (κ2) is 7.61. The Kier molecular flexibility index (Phi) is 5.52. The Morgan fingerprint density at radius 1 is 1.17 bits per heavy atom. The largest absolute Gasteiger partial charge is 0.340 e. The van der Waals surface area contributed by atoms with E-state index in [-0.39, 0.29) is 42.4 Å². The average molecular weight is 453 g/mol. The quantitative estimate of drug-likeness (QED) is 0.688. The Labute approximate surface area is 183 Å². The van der Waals surface area contributed by atoms with Crippen molar-refractivity contribution in [3.63, 3.8) is 0 Å². The number of carbonyl (C=O) groups is 2. The number of hydrogen-bond acceptors (Lipinski definition) is 4. The maximum Gasteiger partial charge on any atom is 0.227 e. The van der Waals surface area contributed by atoms with Crippen LogP contribution < -0.4 is 0 Å². The van der Waals surface area contributed by atoms with Gasteiger partial charge in [-0.15, -0.1) is 0 Å². The van der Waals surface area contributed by atoms with Crippen LogP contribution in [0.3, 0.4) is 0 Å². The molecule has 1 heterocycles. The van der Waals surface area contributed by atoms with Crippen LogP contribution in [0.25, 0.3) is 0 Å². The maximum atomic E-state index is 13.2. The van der Waals surface area contributed by atoms with Gasteiger partial charge < -0.3 is 4.90 Å². The van der Waals surface area contributed by atoms with Gasteiger partial charge in [0.1, 0.15) is 5.78 Å². The zero-order valence-corrected chi connectivity index (χ0v) is 19.1. The number of benzene rings is 1. The number of carbonyl (C=O) groups excluding carboxylic acids is 2. The van der Waals surface area contributed by atoms with E-state index in [1.807, 2.05) is 18.2 Å². The van der Waals surface area contributed by atoms with E-state index >= 15 is 0 Å². The van der Waals surface area contributed by atoms with Crippen molar-refractivity contribution in [2.24, 2.45) is 16.7 Å². The van der Waals surface area contributed by atoms with Crippen LogP contribution >= 0.6 is 11.6 Å². The molecule has 2 aliphatic carbocycles. The third-order valence-electron chi connectivity index (χ3n) is 7.85. The summed E-state index contributed by atoms with van der Waals surface area (Å²) in [5.74, 6) is 0.250. The van der Waals surface area contributed by atoms with Gasteiger partial charge in [0, 0.05) is 43.0 Å². The lowest BCUT2D eigenvalue weighted by atomic mass is 9.70. The summed E-state index contributed by atoms with van der Waals surface area (Å²) >= 11 is 6.15. The van der Waals surface area contributed by atoms with E-state index in [4.69, 9.17) is 11.6 Å². The van der Waals surface area contributed by atoms with E-state index in [9.17, 15) is 18.0 Å². The number of amides is 1. The number of Topliss-reactive ketones (excluding diaryl/α,β-unsaturated/α-hetero) is 1. The van der Waals surface area contributed by atoms with Crippen LogP contribution in [0.2, 0.25) is 5.02 Å². The number of halogens is 1. The predicted octanol–water partition coefficient (Wildman–Crippen LogP) is 2.75. The molecule has 8 heteroatoms. The van der Waals surface area contributed by atoms with Gasteiger partial charge in [-0.3, -0.25) is 9.59 Å². The zero-order valence-electron chi connectivity index (χ0n) is 17.6. The minimum atomic E-state index is -3.58. The Hall–Kier alpha value is -1.44. The summed E-state index contributed by atoms with van der Waals surface area (Å²) in [5.41, 5.74) is -0.256. The maximum absolute atomic E-state index is 13.2. The summed E-state index contributed by atoms with van der Waals surface area (Å²) in [6.07, 6.45) is 2.31. The normalized spacial score (nSPS) is 28.8. The number of piperazine rings is 1. The lowest BCUT2D eigenvalue weighted by Gasteiger charge is -2.39. The van der Waals surface area contributed by atoms with Crippen LogP contribution in [0.15, 0.2) is 24.3 Å². The molecule has 2 bridgehead atoms. The second-order valence-corrected chi connectivity index (χ2v) is 11.8. The Morgan fingerprint density at radius 2 is 1.83 bits per heavy atom. The monoisotopic (exact) mass is 452 g/mol. The van der Waals surface area contributed by atoms with Gasteiger partial charge in [-0.25, -0.2) is 8.42 Å². The number of rotatable bonds is 5. The van der Waals surface area contributed by atoms with E-state index in [1.165, 1.54) is 4.31 Å². The highest BCUT2D eigenvalue weighted by Gasteiger charge is 2.65. The fourth-order valence-electron chi connectivity index (χ4n) is 5.64. The smallest absolute Gasteiger partial charge is 0.227 e. The molecule has 2 saturated carbocycles. The van der Waals surface area contributed by atoms with Crippen molar-refractivity contribution in [2.75, 3.05) is 31.9 Å². The minimum absolute atomic E-state index is 0.0514. The van der Waals surface area contributed by atoms with Gasteiger partial charge in [0.15, 0.2) is 0 Å². The standard InChI is InChI=1S/C22H29ClN2O4S/c1-21(2)17-7-8-22(21,19(26)14-17)15-30(28,29)25-11-9-24(10-12-25)20(27)13-16-5-3-4-6-18(16)23/h3-6,17H,7-15H2,1-2H3. The van der Waals surface area contributed by atoms with Crippen LogP contribution in [0.5, 0.6) is 0 Å². The van der Waals surface area contributed by atoms with Gasteiger partial charge in [0.05, 0.1) is 12.2 Å². The summed E-state index contributed by atoms with van der Waals surface area (Å²) in [6, 6.07) is 7.25. The Balaban J connectivity index is 1.39. The van der Waals surface area contributed by atoms with Gasteiger partial charge in [-0.1, -0.05) is 43.6 Å². The zero-order chi connectivity index (χ0) is 21.7. The van der Waals surface area contributed by atoms with Crippen molar-refractivity contribution >= 4 is 33.3 Å². The van der Waals surface area contributed by atoms with Crippen LogP contribution in [0.4, 0.5) is 0 Å². The highest BCUT2D eigenvalue weighted by molar-refractivity contribution is 7.89. The van der Waals surface area contributed by atoms with Gasteiger partial charge >= 0.3 is 0 Å². The summed E-state index contributed by atoms with van der Waals surface area (Å²) in [4.78, 5) is 27.1. The molecule has 0 spiro atoms. The topological polar surface area (TPSA) is 74.8 Å². The van der Waals surface area contributed by atoms with Crippen molar-refractivity contribution in [3.8, 4) is 0 Å². The number of hydrogen-bond donors (Lipinski definition) is 0. The lowest BCUT2D eigenvalue weighted by Crippen LogP contribution is -2.54. The van der Waals surface area contributed by atoms with Crippen molar-refractivity contribution in [1.82, 2.24) is 9.21 Å². The van der Waals surface area contributed by atoms with Gasteiger partial charge in [0.2, 0.25) is 15.9 Å². The molecule has 1 amide bonds. The summed E-state index contributed by atoms with van der Waals surface area (Å²) in [7, 11) is -3.58. The first-order chi connectivity index (χ1) is 14.1. The predicted molar refractivity (Wildman–Crippen MR) is 116 cm³/mol. The molecule has 1 aromatic rings. The average Bonchev–Trinajstić information content (AvgIpc) is 3.04. The van der Waals surface area contributed by atoms with E-state index in [1.54, 1.807) is 11.0 Å². The Morgan fingerprint density at radius 3 is 2.40 bits per heavy atom. The fraction of sp³-hybridized carbons (Fsp3) is 0.636. The molecule has 1 aromatic carbocycles. The third kappa shape index (κ3) is 3.49. The third-order valence-corrected chi connectivity index (χ3v) is 10.2. The fourth-order valence-corrected chi connectivity index (χ4v) is 8.05. The summed E-state index contributed by atoms with van der Waals surface area (Å²) in [6.45, 7) is 5.35. The van der Waals surface area contributed by atoms with Crippen molar-refractivity contribution in [2.45, 2.75) is 39.5 Å². The number of fused-ring (bicyclic) bond motifs is 2.